The first kappa shape index (κ1) is 21.7. The number of benzene rings is 3. The average molecular weight is 450 g/mol. The maximum Gasteiger partial charge on any atom is 0.251 e. The third-order valence-electron chi connectivity index (χ3n) is 5.17. The summed E-state index contributed by atoms with van der Waals surface area (Å²) >= 11 is 5.93. The molecule has 0 saturated heterocycles. The van der Waals surface area contributed by atoms with Gasteiger partial charge in [-0.3, -0.25) is 9.59 Å². The number of fused-ring (bicyclic) bond motifs is 1. The number of rotatable bonds is 8. The number of Topliss-reactive ketones (excluding diaryl/α,β-unsaturated/α-hetero) is 1. The van der Waals surface area contributed by atoms with Gasteiger partial charge in [0.25, 0.3) is 5.91 Å². The molecule has 4 aromatic rings. The van der Waals surface area contributed by atoms with Gasteiger partial charge in [-0.25, -0.2) is 9.37 Å². The molecule has 3 aromatic carbocycles. The molecule has 1 N–H and O–H groups in total. The number of aryl methyl sites for hydroxylation is 1. The van der Waals surface area contributed by atoms with Crippen molar-refractivity contribution in [1.29, 1.82) is 0 Å². The Morgan fingerprint density at radius 2 is 1.62 bits per heavy atom. The summed E-state index contributed by atoms with van der Waals surface area (Å²) in [6.07, 6.45) is 1.23. The number of aromatic nitrogens is 2. The Hall–Kier alpha value is -3.51. The van der Waals surface area contributed by atoms with Gasteiger partial charge in [0.15, 0.2) is 5.78 Å². The fourth-order valence-corrected chi connectivity index (χ4v) is 3.64. The van der Waals surface area contributed by atoms with E-state index in [4.69, 9.17) is 16.6 Å². The lowest BCUT2D eigenvalue weighted by Gasteiger charge is -2.10. The van der Waals surface area contributed by atoms with Crippen LogP contribution in [0, 0.1) is 5.82 Å². The number of halogens is 2. The lowest BCUT2D eigenvalue weighted by Crippen LogP contribution is -2.25. The molecule has 0 radical (unpaired) electrons. The van der Waals surface area contributed by atoms with E-state index in [0.717, 1.165) is 16.9 Å². The molecule has 0 aliphatic rings. The second kappa shape index (κ2) is 9.75. The van der Waals surface area contributed by atoms with E-state index in [1.54, 1.807) is 24.3 Å². The summed E-state index contributed by atoms with van der Waals surface area (Å²) in [4.78, 5) is 29.7. The van der Waals surface area contributed by atoms with Crippen LogP contribution in [0.5, 0.6) is 0 Å². The predicted octanol–water partition coefficient (Wildman–Crippen LogP) is 5.07. The number of carbonyl (C=O) groups excluding carboxylic acids is 2. The van der Waals surface area contributed by atoms with Crippen LogP contribution >= 0.6 is 11.6 Å². The van der Waals surface area contributed by atoms with Crippen molar-refractivity contribution in [2.24, 2.45) is 0 Å². The van der Waals surface area contributed by atoms with Gasteiger partial charge in [-0.2, -0.15) is 0 Å². The molecule has 1 heterocycles. The molecule has 0 spiro atoms. The highest BCUT2D eigenvalue weighted by atomic mass is 35.5. The van der Waals surface area contributed by atoms with Gasteiger partial charge < -0.3 is 9.88 Å². The molecule has 5 nitrogen and oxygen atoms in total. The van der Waals surface area contributed by atoms with Gasteiger partial charge in [0, 0.05) is 29.1 Å². The maximum atomic E-state index is 13.0. The summed E-state index contributed by atoms with van der Waals surface area (Å²) in [5.74, 6) is 0.116. The van der Waals surface area contributed by atoms with Crippen LogP contribution in [0.15, 0.2) is 72.8 Å². The van der Waals surface area contributed by atoms with Gasteiger partial charge in [-0.05, 0) is 67.1 Å². The van der Waals surface area contributed by atoms with E-state index in [2.05, 4.69) is 5.32 Å². The van der Waals surface area contributed by atoms with Crippen molar-refractivity contribution >= 4 is 34.3 Å². The van der Waals surface area contributed by atoms with Crippen molar-refractivity contribution in [3.05, 3.63) is 101 Å². The van der Waals surface area contributed by atoms with E-state index >= 15 is 0 Å². The van der Waals surface area contributed by atoms with E-state index in [0.29, 0.717) is 35.5 Å². The third kappa shape index (κ3) is 5.03. The van der Waals surface area contributed by atoms with Crippen molar-refractivity contribution < 1.29 is 14.0 Å². The molecule has 0 atom stereocenters. The fourth-order valence-electron chi connectivity index (χ4n) is 3.52. The number of imidazole rings is 1. The number of hydrogen-bond donors (Lipinski definition) is 1. The van der Waals surface area contributed by atoms with E-state index in [9.17, 15) is 14.0 Å². The van der Waals surface area contributed by atoms with Crippen LogP contribution in [-0.2, 0) is 13.0 Å². The summed E-state index contributed by atoms with van der Waals surface area (Å²) < 4.78 is 14.9. The van der Waals surface area contributed by atoms with Crippen LogP contribution in [0.2, 0.25) is 5.02 Å². The zero-order chi connectivity index (χ0) is 22.5. The summed E-state index contributed by atoms with van der Waals surface area (Å²) in [6, 6.07) is 19.9. The molecule has 32 heavy (non-hydrogen) atoms. The van der Waals surface area contributed by atoms with Gasteiger partial charge in [-0.15, -0.1) is 0 Å². The van der Waals surface area contributed by atoms with Crippen molar-refractivity contribution in [1.82, 2.24) is 14.9 Å². The van der Waals surface area contributed by atoms with Gasteiger partial charge in [-0.1, -0.05) is 23.7 Å². The molecule has 0 aliphatic heterocycles. The minimum atomic E-state index is -0.381. The minimum Gasteiger partial charge on any atom is -0.352 e. The van der Waals surface area contributed by atoms with E-state index < -0.39 is 0 Å². The van der Waals surface area contributed by atoms with Crippen LogP contribution in [-0.4, -0.2) is 27.8 Å². The zero-order valence-corrected chi connectivity index (χ0v) is 18.0. The first-order chi connectivity index (χ1) is 15.5. The number of nitrogens with one attached hydrogen (secondary N) is 1. The number of nitrogens with zero attached hydrogens (tertiary/aromatic N) is 2. The molecule has 0 saturated carbocycles. The second-order valence-electron chi connectivity index (χ2n) is 7.40. The third-order valence-corrected chi connectivity index (χ3v) is 5.42. The lowest BCUT2D eigenvalue weighted by atomic mass is 10.1. The first-order valence-electron chi connectivity index (χ1n) is 10.3. The summed E-state index contributed by atoms with van der Waals surface area (Å²) in [5, 5.41) is 3.42. The fraction of sp³-hybridized carbons (Fsp3) is 0.160. The van der Waals surface area contributed by atoms with Crippen LogP contribution in [0.1, 0.15) is 33.0 Å². The molecule has 1 aromatic heterocycles. The first-order valence-corrected chi connectivity index (χ1v) is 10.7. The number of amides is 1. The summed E-state index contributed by atoms with van der Waals surface area (Å²) in [6.45, 7) is 0.601. The predicted molar refractivity (Wildman–Crippen MR) is 123 cm³/mol. The monoisotopic (exact) mass is 449 g/mol. The average Bonchev–Trinajstić information content (AvgIpc) is 3.14. The number of hydrogen-bond acceptors (Lipinski definition) is 3. The van der Waals surface area contributed by atoms with Crippen molar-refractivity contribution in [3.63, 3.8) is 0 Å². The molecule has 4 rings (SSSR count). The molecule has 0 fully saturated rings. The number of para-hydroxylation sites is 2. The molecule has 7 heteroatoms. The van der Waals surface area contributed by atoms with Crippen LogP contribution in [0.4, 0.5) is 4.39 Å². The molecule has 0 unspecified atom stereocenters. The number of ketones is 1. The van der Waals surface area contributed by atoms with Crippen molar-refractivity contribution in [3.8, 4) is 0 Å². The lowest BCUT2D eigenvalue weighted by molar-refractivity contribution is 0.0951. The number of carbonyl (C=O) groups is 2. The molecule has 1 amide bonds. The molecule has 0 aliphatic carbocycles. The van der Waals surface area contributed by atoms with E-state index in [1.165, 1.54) is 24.3 Å². The van der Waals surface area contributed by atoms with Gasteiger partial charge in [0.2, 0.25) is 0 Å². The highest BCUT2D eigenvalue weighted by Crippen LogP contribution is 2.19. The van der Waals surface area contributed by atoms with Gasteiger partial charge in [0.1, 0.15) is 11.6 Å². The van der Waals surface area contributed by atoms with E-state index in [-0.39, 0.29) is 24.1 Å². The van der Waals surface area contributed by atoms with Gasteiger partial charge in [0.05, 0.1) is 17.6 Å². The second-order valence-corrected chi connectivity index (χ2v) is 7.84. The topological polar surface area (TPSA) is 64.0 Å². The summed E-state index contributed by atoms with van der Waals surface area (Å²) in [7, 11) is 0. The smallest absolute Gasteiger partial charge is 0.251 e. The normalized spacial score (nSPS) is 10.9. The van der Waals surface area contributed by atoms with E-state index in [1.807, 2.05) is 28.8 Å². The van der Waals surface area contributed by atoms with Crippen molar-refractivity contribution in [2.75, 3.05) is 6.54 Å². The molecular weight excluding hydrogens is 429 g/mol. The zero-order valence-electron chi connectivity index (χ0n) is 17.2. The Balaban J connectivity index is 1.44. The standard InChI is InChI=1S/C25H21ClFN3O2/c26-19-11-7-17(8-12-19)23(31)16-30-22-5-2-1-4-21(22)29-24(30)6-3-15-28-25(32)18-9-13-20(27)14-10-18/h1-2,4-5,7-14H,3,6,15-16H2,(H,28,32). The Bertz CT molecular complexity index is 1250. The molecular formula is C25H21ClFN3O2. The van der Waals surface area contributed by atoms with Crippen LogP contribution in [0.25, 0.3) is 11.0 Å². The van der Waals surface area contributed by atoms with Crippen LogP contribution in [0.3, 0.4) is 0 Å². The Morgan fingerprint density at radius 3 is 2.38 bits per heavy atom. The Morgan fingerprint density at radius 1 is 0.938 bits per heavy atom. The van der Waals surface area contributed by atoms with Gasteiger partial charge >= 0.3 is 0 Å². The minimum absolute atomic E-state index is 0.0318. The summed E-state index contributed by atoms with van der Waals surface area (Å²) in [5.41, 5.74) is 2.71. The van der Waals surface area contributed by atoms with Crippen molar-refractivity contribution in [2.45, 2.75) is 19.4 Å². The molecule has 162 valence electrons. The SMILES string of the molecule is O=C(Cn1c(CCCNC(=O)c2ccc(F)cc2)nc2ccccc21)c1ccc(Cl)cc1. The Labute approximate surface area is 189 Å². The quantitative estimate of drug-likeness (QED) is 0.301. The Kier molecular flexibility index (Phi) is 6.61. The van der Waals surface area contributed by atoms with Crippen LogP contribution < -0.4 is 5.32 Å². The highest BCUT2D eigenvalue weighted by Gasteiger charge is 2.15. The highest BCUT2D eigenvalue weighted by molar-refractivity contribution is 6.30. The molecule has 0 bridgehead atoms. The largest absolute Gasteiger partial charge is 0.352 e. The maximum absolute atomic E-state index is 13.0.